The maximum absolute atomic E-state index is 11.9. The van der Waals surface area contributed by atoms with Crippen LogP contribution in [0.2, 0.25) is 0 Å². The van der Waals surface area contributed by atoms with Gasteiger partial charge < -0.3 is 4.74 Å². The number of halogens is 2. The molecule has 0 radical (unpaired) electrons. The fourth-order valence-corrected chi connectivity index (χ4v) is 4.29. The van der Waals surface area contributed by atoms with E-state index in [4.69, 9.17) is 4.74 Å². The largest absolute Gasteiger partial charge is 0.463 e. The maximum atomic E-state index is 11.9. The van der Waals surface area contributed by atoms with E-state index in [0.717, 1.165) is 12.8 Å². The minimum Gasteiger partial charge on any atom is -0.463 e. The molecule has 4 rings (SSSR count). The zero-order valence-corrected chi connectivity index (χ0v) is 18.4. The number of carbonyl (C=O) groups excluding carboxylic acids is 1. The van der Waals surface area contributed by atoms with Crippen molar-refractivity contribution in [2.45, 2.75) is 25.2 Å². The Bertz CT molecular complexity index is 973. The summed E-state index contributed by atoms with van der Waals surface area (Å²) in [6.45, 7) is 2.21. The van der Waals surface area contributed by atoms with E-state index in [2.05, 4.69) is 65.6 Å². The molecule has 0 saturated heterocycles. The van der Waals surface area contributed by atoms with Crippen LogP contribution in [0, 0.1) is 0 Å². The van der Waals surface area contributed by atoms with E-state index >= 15 is 0 Å². The Balaban J connectivity index is 0.00000160. The number of carbonyl (C=O) groups is 1. The second-order valence-electron chi connectivity index (χ2n) is 7.06. The van der Waals surface area contributed by atoms with Gasteiger partial charge in [0.05, 0.1) is 6.61 Å². The molecule has 156 valence electrons. The number of benzene rings is 2. The smallest absolute Gasteiger partial charge is 0.330 e. The Morgan fingerprint density at radius 1 is 0.933 bits per heavy atom. The van der Waals surface area contributed by atoms with E-state index in [1.165, 1.54) is 27.8 Å². The van der Waals surface area contributed by atoms with Crippen molar-refractivity contribution in [1.82, 2.24) is 4.98 Å². The van der Waals surface area contributed by atoms with Crippen LogP contribution < -0.4 is 0 Å². The molecule has 0 atom stereocenters. The molecule has 1 heterocycles. The highest BCUT2D eigenvalue weighted by Gasteiger charge is 2.42. The van der Waals surface area contributed by atoms with Crippen LogP contribution in [0.1, 0.15) is 30.0 Å². The number of nitrogens with zero attached hydrogens (tertiary/aromatic N) is 1. The van der Waals surface area contributed by atoms with Crippen molar-refractivity contribution in [3.8, 4) is 11.1 Å². The monoisotopic (exact) mass is 441 g/mol. The Labute approximate surface area is 190 Å². The summed E-state index contributed by atoms with van der Waals surface area (Å²) >= 11 is 0. The minimum absolute atomic E-state index is 0. The van der Waals surface area contributed by atoms with Crippen LogP contribution in [0.5, 0.6) is 0 Å². The quantitative estimate of drug-likeness (QED) is 0.350. The number of pyridine rings is 1. The van der Waals surface area contributed by atoms with E-state index in [9.17, 15) is 4.79 Å². The fraction of sp³-hybridized carbons (Fsp3) is 0.200. The van der Waals surface area contributed by atoms with Gasteiger partial charge in [-0.3, -0.25) is 4.98 Å². The van der Waals surface area contributed by atoms with E-state index in [0.29, 0.717) is 6.61 Å². The highest BCUT2D eigenvalue weighted by atomic mass is 35.5. The van der Waals surface area contributed by atoms with Crippen LogP contribution in [-0.2, 0) is 21.4 Å². The number of allylic oxidation sites excluding steroid dienone is 1. The van der Waals surface area contributed by atoms with Gasteiger partial charge in [-0.15, -0.1) is 24.8 Å². The van der Waals surface area contributed by atoms with E-state index in [1.807, 2.05) is 25.4 Å². The Morgan fingerprint density at radius 2 is 1.50 bits per heavy atom. The van der Waals surface area contributed by atoms with Gasteiger partial charge in [-0.2, -0.15) is 0 Å². The van der Waals surface area contributed by atoms with Crippen LogP contribution in [-0.4, -0.2) is 17.6 Å². The number of hydrogen-bond acceptors (Lipinski definition) is 3. The van der Waals surface area contributed by atoms with Crippen molar-refractivity contribution in [3.05, 3.63) is 102 Å². The lowest BCUT2D eigenvalue weighted by atomic mass is 9.71. The summed E-state index contributed by atoms with van der Waals surface area (Å²) in [5.41, 5.74) is 6.17. The highest BCUT2D eigenvalue weighted by molar-refractivity contribution is 5.86. The number of rotatable bonds is 6. The highest BCUT2D eigenvalue weighted by Crippen LogP contribution is 2.52. The summed E-state index contributed by atoms with van der Waals surface area (Å²) in [4.78, 5) is 16.0. The first-order valence-electron chi connectivity index (χ1n) is 9.66. The molecule has 2 aromatic carbocycles. The van der Waals surface area contributed by atoms with Crippen LogP contribution in [0.4, 0.5) is 0 Å². The number of hydrogen-bond donors (Lipinski definition) is 0. The summed E-state index contributed by atoms with van der Waals surface area (Å²) in [6.07, 6.45) is 8.76. The fourth-order valence-electron chi connectivity index (χ4n) is 4.29. The molecule has 0 bridgehead atoms. The molecule has 3 aromatic rings. The minimum atomic E-state index is -0.291. The standard InChI is InChI=1S/C25H23NO2.2ClH/c1-2-28-24(27)12-7-15-25(18-19-13-16-26-17-14-19)22-10-5-3-8-20(22)21-9-4-6-11-23(21)25;;/h3-14,16-17H,2,15,18H2,1H3;2*1H. The van der Waals surface area contributed by atoms with Crippen LogP contribution in [0.15, 0.2) is 85.2 Å². The predicted octanol–water partition coefficient (Wildman–Crippen LogP) is 5.94. The average Bonchev–Trinajstić information content (AvgIpc) is 3.00. The van der Waals surface area contributed by atoms with Gasteiger partial charge in [0.15, 0.2) is 0 Å². The van der Waals surface area contributed by atoms with Gasteiger partial charge in [0.1, 0.15) is 0 Å². The lowest BCUT2D eigenvalue weighted by Gasteiger charge is -2.31. The van der Waals surface area contributed by atoms with Gasteiger partial charge >= 0.3 is 5.97 Å². The molecule has 5 heteroatoms. The molecule has 1 aliphatic rings. The summed E-state index contributed by atoms with van der Waals surface area (Å²) in [5, 5.41) is 0. The third kappa shape index (κ3) is 4.43. The van der Waals surface area contributed by atoms with Gasteiger partial charge in [0, 0.05) is 23.9 Å². The summed E-state index contributed by atoms with van der Waals surface area (Å²) in [6, 6.07) is 21.3. The number of aromatic nitrogens is 1. The number of fused-ring (bicyclic) bond motifs is 3. The van der Waals surface area contributed by atoms with E-state index in [-0.39, 0.29) is 36.2 Å². The molecule has 0 unspecified atom stereocenters. The van der Waals surface area contributed by atoms with Gasteiger partial charge in [-0.1, -0.05) is 54.6 Å². The second-order valence-corrected chi connectivity index (χ2v) is 7.06. The molecule has 1 aromatic heterocycles. The average molecular weight is 442 g/mol. The van der Waals surface area contributed by atoms with Crippen LogP contribution >= 0.6 is 24.8 Å². The van der Waals surface area contributed by atoms with Crippen molar-refractivity contribution >= 4 is 30.8 Å². The molecule has 0 amide bonds. The lowest BCUT2D eigenvalue weighted by Crippen LogP contribution is -2.27. The third-order valence-electron chi connectivity index (χ3n) is 5.44. The Hall–Kier alpha value is -2.62. The molecule has 3 nitrogen and oxygen atoms in total. The van der Waals surface area contributed by atoms with Gasteiger partial charge in [-0.25, -0.2) is 4.79 Å². The molecule has 30 heavy (non-hydrogen) atoms. The van der Waals surface area contributed by atoms with Crippen molar-refractivity contribution in [2.75, 3.05) is 6.61 Å². The first-order chi connectivity index (χ1) is 13.7. The third-order valence-corrected chi connectivity index (χ3v) is 5.44. The van der Waals surface area contributed by atoms with Crippen molar-refractivity contribution in [2.24, 2.45) is 0 Å². The van der Waals surface area contributed by atoms with Gasteiger partial charge in [-0.05, 0) is 59.7 Å². The SMILES string of the molecule is CCOC(=O)C=CCC1(Cc2ccncc2)c2ccccc2-c2ccccc21.Cl.Cl. The number of esters is 1. The zero-order valence-electron chi connectivity index (χ0n) is 16.8. The molecular weight excluding hydrogens is 417 g/mol. The molecule has 0 fully saturated rings. The van der Waals surface area contributed by atoms with E-state index in [1.54, 1.807) is 6.08 Å². The Morgan fingerprint density at radius 3 is 2.07 bits per heavy atom. The molecular formula is C25H25Cl2NO2. The van der Waals surface area contributed by atoms with Gasteiger partial charge in [0.25, 0.3) is 0 Å². The van der Waals surface area contributed by atoms with Crippen molar-refractivity contribution in [1.29, 1.82) is 0 Å². The molecule has 1 aliphatic carbocycles. The molecule has 0 N–H and O–H groups in total. The van der Waals surface area contributed by atoms with Crippen LogP contribution in [0.3, 0.4) is 0 Å². The summed E-state index contributed by atoms with van der Waals surface area (Å²) in [7, 11) is 0. The van der Waals surface area contributed by atoms with Crippen molar-refractivity contribution < 1.29 is 9.53 Å². The first kappa shape index (κ1) is 23.7. The normalized spacial score (nSPS) is 13.0. The molecule has 0 aliphatic heterocycles. The lowest BCUT2D eigenvalue weighted by molar-refractivity contribution is -0.137. The predicted molar refractivity (Wildman–Crippen MR) is 125 cm³/mol. The topological polar surface area (TPSA) is 39.2 Å². The van der Waals surface area contributed by atoms with E-state index < -0.39 is 0 Å². The second kappa shape index (κ2) is 10.4. The van der Waals surface area contributed by atoms with Gasteiger partial charge in [0.2, 0.25) is 0 Å². The molecule has 0 saturated carbocycles. The first-order valence-corrected chi connectivity index (χ1v) is 9.66. The summed E-state index contributed by atoms with van der Waals surface area (Å²) < 4.78 is 5.06. The zero-order chi connectivity index (χ0) is 19.4. The molecule has 0 spiro atoms. The Kier molecular flexibility index (Phi) is 8.22. The van der Waals surface area contributed by atoms with Crippen molar-refractivity contribution in [3.63, 3.8) is 0 Å². The summed E-state index contributed by atoms with van der Waals surface area (Å²) in [5.74, 6) is -0.291. The van der Waals surface area contributed by atoms with Crippen LogP contribution in [0.25, 0.3) is 11.1 Å². The number of ether oxygens (including phenoxy) is 1. The maximum Gasteiger partial charge on any atom is 0.330 e.